The van der Waals surface area contributed by atoms with Gasteiger partial charge in [0.25, 0.3) is 0 Å². The van der Waals surface area contributed by atoms with Crippen LogP contribution in [0.3, 0.4) is 0 Å². The molecule has 0 bridgehead atoms. The maximum atomic E-state index is 4.57. The van der Waals surface area contributed by atoms with E-state index in [-0.39, 0.29) is 11.0 Å². The molecule has 0 aliphatic carbocycles. The summed E-state index contributed by atoms with van der Waals surface area (Å²) in [6.45, 7) is 6.65. The summed E-state index contributed by atoms with van der Waals surface area (Å²) in [5, 5.41) is 0. The molecule has 0 amide bonds. The minimum atomic E-state index is 0.102. The largest absolute Gasteiger partial charge is 0.291 e. The average Bonchev–Trinajstić information content (AvgIpc) is 2.44. The van der Waals surface area contributed by atoms with Gasteiger partial charge in [-0.1, -0.05) is 37.3 Å². The predicted octanol–water partition coefficient (Wildman–Crippen LogP) is 3.20. The van der Waals surface area contributed by atoms with Gasteiger partial charge in [-0.2, -0.15) is 0 Å². The van der Waals surface area contributed by atoms with Crippen molar-refractivity contribution < 1.29 is 0 Å². The van der Waals surface area contributed by atoms with Crippen molar-refractivity contribution in [1.29, 1.82) is 0 Å². The van der Waals surface area contributed by atoms with Gasteiger partial charge in [0.15, 0.2) is 0 Å². The molecule has 1 heterocycles. The average molecular weight is 187 g/mol. The molecular weight excluding hydrogens is 170 g/mol. The van der Waals surface area contributed by atoms with E-state index in [1.165, 1.54) is 5.56 Å². The smallest absolute Gasteiger partial charge is 0.0560 e. The van der Waals surface area contributed by atoms with Crippen molar-refractivity contribution in [2.24, 2.45) is 4.99 Å². The van der Waals surface area contributed by atoms with E-state index in [0.29, 0.717) is 0 Å². The molecule has 0 saturated carbocycles. The Kier molecular flexibility index (Phi) is 1.99. The van der Waals surface area contributed by atoms with Crippen molar-refractivity contribution in [3.63, 3.8) is 0 Å². The van der Waals surface area contributed by atoms with Crippen LogP contribution in [-0.2, 0) is 5.41 Å². The Balaban J connectivity index is 2.33. The van der Waals surface area contributed by atoms with E-state index < -0.39 is 0 Å². The number of rotatable bonds is 1. The predicted molar refractivity (Wildman–Crippen MR) is 61.0 cm³/mol. The normalized spacial score (nSPS) is 29.4. The molecule has 0 N–H and O–H groups in total. The van der Waals surface area contributed by atoms with Crippen LogP contribution < -0.4 is 0 Å². The third kappa shape index (κ3) is 1.59. The van der Waals surface area contributed by atoms with Gasteiger partial charge in [-0.15, -0.1) is 0 Å². The van der Waals surface area contributed by atoms with E-state index in [4.69, 9.17) is 0 Å². The zero-order valence-electron chi connectivity index (χ0n) is 9.12. The number of hydrogen-bond donors (Lipinski definition) is 0. The Morgan fingerprint density at radius 2 is 1.71 bits per heavy atom. The highest BCUT2D eigenvalue weighted by Crippen LogP contribution is 2.37. The monoisotopic (exact) mass is 187 g/mol. The lowest BCUT2D eigenvalue weighted by Crippen LogP contribution is -2.25. The molecule has 74 valence electrons. The minimum Gasteiger partial charge on any atom is -0.291 e. The third-order valence-electron chi connectivity index (χ3n) is 2.93. The van der Waals surface area contributed by atoms with E-state index in [9.17, 15) is 0 Å². The van der Waals surface area contributed by atoms with Crippen LogP contribution in [0, 0.1) is 0 Å². The lowest BCUT2D eigenvalue weighted by molar-refractivity contribution is 0.444. The first-order valence-corrected chi connectivity index (χ1v) is 5.14. The Labute approximate surface area is 85.9 Å². The SMILES string of the molecule is CC1(C)C[C@](C)(c2ccccc2)C=N1. The van der Waals surface area contributed by atoms with Crippen molar-refractivity contribution in [3.8, 4) is 0 Å². The molecule has 1 aromatic rings. The van der Waals surface area contributed by atoms with Crippen LogP contribution in [0.2, 0.25) is 0 Å². The van der Waals surface area contributed by atoms with Crippen LogP contribution in [0.1, 0.15) is 32.8 Å². The van der Waals surface area contributed by atoms with E-state index >= 15 is 0 Å². The summed E-state index contributed by atoms with van der Waals surface area (Å²) in [7, 11) is 0. The highest BCUT2D eigenvalue weighted by atomic mass is 14.9. The van der Waals surface area contributed by atoms with E-state index in [1.54, 1.807) is 0 Å². The maximum Gasteiger partial charge on any atom is 0.0560 e. The van der Waals surface area contributed by atoms with E-state index in [0.717, 1.165) is 6.42 Å². The second kappa shape index (κ2) is 2.94. The summed E-state index contributed by atoms with van der Waals surface area (Å²) in [5.74, 6) is 0. The lowest BCUT2D eigenvalue weighted by Gasteiger charge is -2.25. The van der Waals surface area contributed by atoms with Crippen LogP contribution in [0.5, 0.6) is 0 Å². The Morgan fingerprint density at radius 3 is 2.21 bits per heavy atom. The first kappa shape index (κ1) is 9.45. The zero-order valence-corrected chi connectivity index (χ0v) is 9.12. The molecule has 1 aliphatic heterocycles. The summed E-state index contributed by atoms with van der Waals surface area (Å²) < 4.78 is 0. The summed E-state index contributed by atoms with van der Waals surface area (Å²) in [4.78, 5) is 4.57. The molecule has 0 radical (unpaired) electrons. The molecule has 0 aromatic heterocycles. The van der Waals surface area contributed by atoms with Crippen LogP contribution in [0.25, 0.3) is 0 Å². The second-order valence-electron chi connectivity index (χ2n) is 5.03. The standard InChI is InChI=1S/C13H17N/c1-12(2)9-13(3,10-14-12)11-7-5-4-6-8-11/h4-8,10H,9H2,1-3H3/t13-/m0/s1. The highest BCUT2D eigenvalue weighted by Gasteiger charge is 2.37. The van der Waals surface area contributed by atoms with Crippen molar-refractivity contribution in [1.82, 2.24) is 0 Å². The Morgan fingerprint density at radius 1 is 1.07 bits per heavy atom. The Hall–Kier alpha value is -1.11. The molecule has 1 aliphatic rings. The fourth-order valence-electron chi connectivity index (χ4n) is 2.30. The molecule has 0 saturated heterocycles. The van der Waals surface area contributed by atoms with Gasteiger partial charge in [-0.05, 0) is 25.8 Å². The molecule has 1 aromatic carbocycles. The zero-order chi connectivity index (χ0) is 10.2. The number of nitrogens with zero attached hydrogens (tertiary/aromatic N) is 1. The number of aliphatic imine (C=N–C) groups is 1. The molecule has 0 unspecified atom stereocenters. The molecule has 2 rings (SSSR count). The van der Waals surface area contributed by atoms with Crippen molar-refractivity contribution in [2.45, 2.75) is 38.1 Å². The number of hydrogen-bond acceptors (Lipinski definition) is 1. The molecule has 0 spiro atoms. The molecule has 0 fully saturated rings. The first-order valence-electron chi connectivity index (χ1n) is 5.14. The second-order valence-corrected chi connectivity index (χ2v) is 5.03. The highest BCUT2D eigenvalue weighted by molar-refractivity contribution is 5.76. The van der Waals surface area contributed by atoms with E-state index in [2.05, 4.69) is 62.3 Å². The van der Waals surface area contributed by atoms with Gasteiger partial charge in [-0.25, -0.2) is 0 Å². The van der Waals surface area contributed by atoms with Gasteiger partial charge in [0.1, 0.15) is 0 Å². The molecule has 1 heteroatoms. The summed E-state index contributed by atoms with van der Waals surface area (Å²) in [6, 6.07) is 10.6. The van der Waals surface area contributed by atoms with Crippen LogP contribution in [-0.4, -0.2) is 11.8 Å². The topological polar surface area (TPSA) is 12.4 Å². The first-order chi connectivity index (χ1) is 6.52. The molecular formula is C13H17N. The fourth-order valence-corrected chi connectivity index (χ4v) is 2.30. The maximum absolute atomic E-state index is 4.57. The van der Waals surface area contributed by atoms with E-state index in [1.807, 2.05) is 0 Å². The lowest BCUT2D eigenvalue weighted by atomic mass is 9.78. The Bertz CT molecular complexity index is 351. The van der Waals surface area contributed by atoms with Crippen molar-refractivity contribution in [3.05, 3.63) is 35.9 Å². The van der Waals surface area contributed by atoms with Gasteiger partial charge in [0, 0.05) is 11.6 Å². The summed E-state index contributed by atoms with van der Waals surface area (Å²) in [5.41, 5.74) is 1.60. The van der Waals surface area contributed by atoms with Crippen LogP contribution >= 0.6 is 0 Å². The van der Waals surface area contributed by atoms with Gasteiger partial charge in [0.2, 0.25) is 0 Å². The molecule has 1 nitrogen and oxygen atoms in total. The van der Waals surface area contributed by atoms with Gasteiger partial charge in [0.05, 0.1) is 5.54 Å². The van der Waals surface area contributed by atoms with Crippen LogP contribution in [0.4, 0.5) is 0 Å². The quantitative estimate of drug-likeness (QED) is 0.640. The number of benzene rings is 1. The molecule has 1 atom stereocenters. The summed E-state index contributed by atoms with van der Waals surface area (Å²) in [6.07, 6.45) is 3.21. The van der Waals surface area contributed by atoms with Gasteiger partial charge in [-0.3, -0.25) is 4.99 Å². The van der Waals surface area contributed by atoms with Gasteiger partial charge >= 0.3 is 0 Å². The van der Waals surface area contributed by atoms with Crippen molar-refractivity contribution >= 4 is 6.21 Å². The summed E-state index contributed by atoms with van der Waals surface area (Å²) >= 11 is 0. The van der Waals surface area contributed by atoms with Crippen LogP contribution in [0.15, 0.2) is 35.3 Å². The molecule has 14 heavy (non-hydrogen) atoms. The van der Waals surface area contributed by atoms with Gasteiger partial charge < -0.3 is 0 Å². The minimum absolute atomic E-state index is 0.102. The fraction of sp³-hybridized carbons (Fsp3) is 0.462. The van der Waals surface area contributed by atoms with Crippen molar-refractivity contribution in [2.75, 3.05) is 0 Å². The third-order valence-corrected chi connectivity index (χ3v) is 2.93.